The summed E-state index contributed by atoms with van der Waals surface area (Å²) in [7, 11) is 0. The highest BCUT2D eigenvalue weighted by molar-refractivity contribution is 5.67. The number of carbonyl (C=O) groups excluding carboxylic acids is 1. The first-order valence-corrected chi connectivity index (χ1v) is 5.75. The fourth-order valence-electron chi connectivity index (χ4n) is 1.83. The Morgan fingerprint density at radius 1 is 1.20 bits per heavy atom. The van der Waals surface area contributed by atoms with Crippen LogP contribution < -0.4 is 0 Å². The van der Waals surface area contributed by atoms with Crippen LogP contribution in [0.2, 0.25) is 0 Å². The summed E-state index contributed by atoms with van der Waals surface area (Å²) in [5.41, 5.74) is 0.840. The van der Waals surface area contributed by atoms with Gasteiger partial charge in [-0.15, -0.1) is 0 Å². The molecule has 0 heterocycles. The van der Waals surface area contributed by atoms with Gasteiger partial charge < -0.3 is 4.79 Å². The molecular weight excluding hydrogens is 184 g/mol. The predicted octanol–water partition coefficient (Wildman–Crippen LogP) is 3.72. The molecule has 1 aromatic carbocycles. The first-order valence-electron chi connectivity index (χ1n) is 5.75. The zero-order chi connectivity index (χ0) is 11.1. The van der Waals surface area contributed by atoms with Gasteiger partial charge in [-0.25, -0.2) is 0 Å². The summed E-state index contributed by atoms with van der Waals surface area (Å²) in [5, 5.41) is 0. The minimum atomic E-state index is -0.295. The lowest BCUT2D eigenvalue weighted by Gasteiger charge is -2.23. The van der Waals surface area contributed by atoms with E-state index in [0.29, 0.717) is 0 Å². The summed E-state index contributed by atoms with van der Waals surface area (Å²) < 4.78 is 0. The summed E-state index contributed by atoms with van der Waals surface area (Å²) >= 11 is 0. The lowest BCUT2D eigenvalue weighted by Crippen LogP contribution is -2.23. The SMILES string of the molecule is CCCCC[C@@](C)(C=O)c1ccccc1. The molecule has 0 aliphatic carbocycles. The van der Waals surface area contributed by atoms with Gasteiger partial charge in [0.1, 0.15) is 6.29 Å². The number of rotatable bonds is 6. The number of carbonyl (C=O) groups is 1. The van der Waals surface area contributed by atoms with Crippen LogP contribution in [0, 0.1) is 0 Å². The Morgan fingerprint density at radius 3 is 2.40 bits per heavy atom. The first-order chi connectivity index (χ1) is 7.23. The molecule has 0 unspecified atom stereocenters. The van der Waals surface area contributed by atoms with Crippen molar-refractivity contribution in [2.75, 3.05) is 0 Å². The zero-order valence-electron chi connectivity index (χ0n) is 9.70. The van der Waals surface area contributed by atoms with E-state index in [1.54, 1.807) is 0 Å². The van der Waals surface area contributed by atoms with Crippen molar-refractivity contribution in [2.45, 2.75) is 44.9 Å². The van der Waals surface area contributed by atoms with Crippen LogP contribution in [-0.4, -0.2) is 6.29 Å². The van der Waals surface area contributed by atoms with E-state index in [1.807, 2.05) is 37.3 Å². The molecule has 0 aliphatic heterocycles. The number of aldehydes is 1. The summed E-state index contributed by atoms with van der Waals surface area (Å²) in [4.78, 5) is 11.2. The smallest absolute Gasteiger partial charge is 0.130 e. The van der Waals surface area contributed by atoms with Gasteiger partial charge in [-0.2, -0.15) is 0 Å². The topological polar surface area (TPSA) is 17.1 Å². The van der Waals surface area contributed by atoms with Crippen molar-refractivity contribution in [1.82, 2.24) is 0 Å². The minimum Gasteiger partial charge on any atom is -0.302 e. The highest BCUT2D eigenvalue weighted by Gasteiger charge is 2.24. The molecule has 0 aliphatic rings. The molecule has 1 nitrogen and oxygen atoms in total. The van der Waals surface area contributed by atoms with Crippen molar-refractivity contribution < 1.29 is 4.79 Å². The summed E-state index contributed by atoms with van der Waals surface area (Å²) in [5.74, 6) is 0. The van der Waals surface area contributed by atoms with Crippen molar-refractivity contribution in [3.05, 3.63) is 35.9 Å². The van der Waals surface area contributed by atoms with E-state index in [2.05, 4.69) is 6.92 Å². The van der Waals surface area contributed by atoms with E-state index < -0.39 is 0 Å². The maximum atomic E-state index is 11.2. The molecule has 0 spiro atoms. The highest BCUT2D eigenvalue weighted by atomic mass is 16.1. The average molecular weight is 204 g/mol. The van der Waals surface area contributed by atoms with Crippen molar-refractivity contribution in [2.24, 2.45) is 0 Å². The lowest BCUT2D eigenvalue weighted by atomic mass is 9.79. The van der Waals surface area contributed by atoms with Crippen LogP contribution in [0.4, 0.5) is 0 Å². The van der Waals surface area contributed by atoms with Crippen LogP contribution in [0.3, 0.4) is 0 Å². The van der Waals surface area contributed by atoms with E-state index in [-0.39, 0.29) is 5.41 Å². The van der Waals surface area contributed by atoms with Crippen LogP contribution in [0.5, 0.6) is 0 Å². The number of hydrogen-bond donors (Lipinski definition) is 0. The lowest BCUT2D eigenvalue weighted by molar-refractivity contribution is -0.112. The summed E-state index contributed by atoms with van der Waals surface area (Å²) in [6.45, 7) is 4.21. The molecule has 1 rings (SSSR count). The molecule has 0 aromatic heterocycles. The van der Waals surface area contributed by atoms with Gasteiger partial charge in [-0.3, -0.25) is 0 Å². The summed E-state index contributed by atoms with van der Waals surface area (Å²) in [6, 6.07) is 10.1. The molecule has 15 heavy (non-hydrogen) atoms. The Labute approximate surface area is 92.5 Å². The molecule has 0 N–H and O–H groups in total. The fraction of sp³-hybridized carbons (Fsp3) is 0.500. The second-order valence-electron chi connectivity index (χ2n) is 4.36. The Kier molecular flexibility index (Phi) is 4.54. The van der Waals surface area contributed by atoms with E-state index in [9.17, 15) is 4.79 Å². The third-order valence-corrected chi connectivity index (χ3v) is 2.99. The molecule has 1 atom stereocenters. The Hall–Kier alpha value is -1.11. The molecular formula is C14H20O. The van der Waals surface area contributed by atoms with Crippen molar-refractivity contribution in [1.29, 1.82) is 0 Å². The van der Waals surface area contributed by atoms with E-state index in [4.69, 9.17) is 0 Å². The van der Waals surface area contributed by atoms with Crippen molar-refractivity contribution in [3.63, 3.8) is 0 Å². The van der Waals surface area contributed by atoms with Gasteiger partial charge in [0.2, 0.25) is 0 Å². The first kappa shape index (κ1) is 12.0. The fourth-order valence-corrected chi connectivity index (χ4v) is 1.83. The van der Waals surface area contributed by atoms with Gasteiger partial charge >= 0.3 is 0 Å². The highest BCUT2D eigenvalue weighted by Crippen LogP contribution is 2.27. The molecule has 0 amide bonds. The quantitative estimate of drug-likeness (QED) is 0.510. The minimum absolute atomic E-state index is 0.295. The molecule has 1 heteroatoms. The van der Waals surface area contributed by atoms with Crippen LogP contribution in [0.1, 0.15) is 45.1 Å². The Bertz CT molecular complexity index is 291. The maximum Gasteiger partial charge on any atom is 0.130 e. The molecule has 0 saturated carbocycles. The van der Waals surface area contributed by atoms with Gasteiger partial charge in [0.25, 0.3) is 0 Å². The monoisotopic (exact) mass is 204 g/mol. The van der Waals surface area contributed by atoms with Gasteiger partial charge in [0.15, 0.2) is 0 Å². The van der Waals surface area contributed by atoms with Crippen LogP contribution >= 0.6 is 0 Å². The standard InChI is InChI=1S/C14H20O/c1-3-4-8-11-14(2,12-15)13-9-6-5-7-10-13/h5-7,9-10,12H,3-4,8,11H2,1-2H3/t14-/m0/s1. The van der Waals surface area contributed by atoms with E-state index >= 15 is 0 Å². The Morgan fingerprint density at radius 2 is 1.87 bits per heavy atom. The normalized spacial score (nSPS) is 14.5. The van der Waals surface area contributed by atoms with Crippen LogP contribution in [0.25, 0.3) is 0 Å². The van der Waals surface area contributed by atoms with E-state index in [1.165, 1.54) is 12.8 Å². The van der Waals surface area contributed by atoms with Crippen LogP contribution in [-0.2, 0) is 10.2 Å². The molecule has 0 fully saturated rings. The molecule has 82 valence electrons. The van der Waals surface area contributed by atoms with Crippen LogP contribution in [0.15, 0.2) is 30.3 Å². The largest absolute Gasteiger partial charge is 0.302 e. The van der Waals surface area contributed by atoms with Gasteiger partial charge in [-0.05, 0) is 18.9 Å². The van der Waals surface area contributed by atoms with Gasteiger partial charge in [-0.1, -0.05) is 56.5 Å². The Balaban J connectivity index is 2.72. The van der Waals surface area contributed by atoms with Crippen molar-refractivity contribution >= 4 is 6.29 Å². The third kappa shape index (κ3) is 3.19. The third-order valence-electron chi connectivity index (χ3n) is 2.99. The average Bonchev–Trinajstić information content (AvgIpc) is 2.30. The summed E-state index contributed by atoms with van der Waals surface area (Å²) in [6.07, 6.45) is 5.58. The van der Waals surface area contributed by atoms with Gasteiger partial charge in [0, 0.05) is 5.41 Å². The predicted molar refractivity (Wildman–Crippen MR) is 64.0 cm³/mol. The zero-order valence-corrected chi connectivity index (χ0v) is 9.70. The van der Waals surface area contributed by atoms with E-state index in [0.717, 1.165) is 24.7 Å². The maximum absolute atomic E-state index is 11.2. The molecule has 0 bridgehead atoms. The number of unbranched alkanes of at least 4 members (excludes halogenated alkanes) is 2. The second-order valence-corrected chi connectivity index (χ2v) is 4.36. The molecule has 0 saturated heterocycles. The number of benzene rings is 1. The number of hydrogen-bond acceptors (Lipinski definition) is 1. The molecule has 1 aromatic rings. The second kappa shape index (κ2) is 5.69. The van der Waals surface area contributed by atoms with Crippen molar-refractivity contribution in [3.8, 4) is 0 Å². The molecule has 0 radical (unpaired) electrons. The van der Waals surface area contributed by atoms with Gasteiger partial charge in [0.05, 0.1) is 0 Å².